The summed E-state index contributed by atoms with van der Waals surface area (Å²) in [6.07, 6.45) is 6.70. The van der Waals surface area contributed by atoms with E-state index < -0.39 is 73.8 Å². The van der Waals surface area contributed by atoms with Crippen molar-refractivity contribution in [1.29, 1.82) is 0 Å². The van der Waals surface area contributed by atoms with Gasteiger partial charge in [0.25, 0.3) is 11.1 Å². The van der Waals surface area contributed by atoms with Crippen LogP contribution in [0.2, 0.25) is 0 Å². The SMILES string of the molecule is CC(C)(C)OC(=O)NC1CCCCCC=CC2CC2(C(=O)NS(=O)(=O)C2(C)CC2)NC(=O)C2CC(Oc3nc4cccc(-c5nc(-c6ccccc6)cs5)c4s3)CN2C1=O. The number of ether oxygens (including phenoxy) is 2. The lowest BCUT2D eigenvalue weighted by Crippen LogP contribution is -2.58. The highest BCUT2D eigenvalue weighted by molar-refractivity contribution is 7.91. The molecule has 2 saturated carbocycles. The molecule has 0 bridgehead atoms. The summed E-state index contributed by atoms with van der Waals surface area (Å²) in [4.78, 5) is 67.2. The lowest BCUT2D eigenvalue weighted by molar-refractivity contribution is -0.141. The first-order valence-corrected chi connectivity index (χ1v) is 23.7. The summed E-state index contributed by atoms with van der Waals surface area (Å²) >= 11 is 2.88. The van der Waals surface area contributed by atoms with Crippen molar-refractivity contribution >= 4 is 66.7 Å². The molecule has 5 unspecified atom stereocenters. The van der Waals surface area contributed by atoms with Gasteiger partial charge in [0.15, 0.2) is 0 Å². The van der Waals surface area contributed by atoms with Crippen molar-refractivity contribution in [2.75, 3.05) is 6.54 Å². The van der Waals surface area contributed by atoms with E-state index in [4.69, 9.17) is 19.4 Å². The fourth-order valence-corrected chi connectivity index (χ4v) is 11.1. The number of nitrogens with zero attached hydrogens (tertiary/aromatic N) is 3. The van der Waals surface area contributed by atoms with Gasteiger partial charge in [0, 0.05) is 28.8 Å². The van der Waals surface area contributed by atoms with E-state index in [-0.39, 0.29) is 19.4 Å². The summed E-state index contributed by atoms with van der Waals surface area (Å²) in [6.45, 7) is 6.79. The number of aromatic nitrogens is 2. The molecule has 2 aliphatic carbocycles. The summed E-state index contributed by atoms with van der Waals surface area (Å²) in [7, 11) is -4.00. The second kappa shape index (κ2) is 16.2. The average Bonchev–Trinajstić information content (AvgIpc) is 3.85. The highest BCUT2D eigenvalue weighted by atomic mass is 32.2. The van der Waals surface area contributed by atoms with Crippen LogP contribution in [-0.4, -0.2) is 87.7 Å². The number of benzene rings is 2. The van der Waals surface area contributed by atoms with Crippen LogP contribution in [-0.2, 0) is 29.1 Å². The van der Waals surface area contributed by atoms with Gasteiger partial charge in [-0.15, -0.1) is 11.3 Å². The maximum absolute atomic E-state index is 14.6. The van der Waals surface area contributed by atoms with E-state index in [0.29, 0.717) is 42.8 Å². The molecular weight excluding hydrogens is 825 g/mol. The molecule has 3 N–H and O–H groups in total. The minimum Gasteiger partial charge on any atom is -0.465 e. The Hall–Kier alpha value is -4.87. The molecule has 1 saturated heterocycles. The topological polar surface area (TPSA) is 186 Å². The van der Waals surface area contributed by atoms with Gasteiger partial charge in [-0.2, -0.15) is 0 Å². The van der Waals surface area contributed by atoms with Crippen molar-refractivity contribution in [2.45, 2.75) is 120 Å². The Kier molecular flexibility index (Phi) is 11.3. The normalized spacial score (nSPS) is 25.6. The molecule has 3 fully saturated rings. The van der Waals surface area contributed by atoms with Crippen LogP contribution in [0.5, 0.6) is 5.19 Å². The fraction of sp³-hybridized carbons (Fsp3) is 0.488. The van der Waals surface area contributed by atoms with Crippen LogP contribution in [0.4, 0.5) is 4.79 Å². The van der Waals surface area contributed by atoms with Crippen molar-refractivity contribution in [3.63, 3.8) is 0 Å². The van der Waals surface area contributed by atoms with Crippen LogP contribution in [0.1, 0.15) is 85.5 Å². The van der Waals surface area contributed by atoms with E-state index >= 15 is 0 Å². The Morgan fingerprint density at radius 3 is 2.55 bits per heavy atom. The van der Waals surface area contributed by atoms with Gasteiger partial charge in [-0.1, -0.05) is 78.8 Å². The second-order valence-electron chi connectivity index (χ2n) is 17.4. The monoisotopic (exact) mass is 874 g/mol. The lowest BCUT2D eigenvalue weighted by atomic mass is 10.0. The van der Waals surface area contributed by atoms with Crippen LogP contribution in [0, 0.1) is 5.92 Å². The highest BCUT2D eigenvalue weighted by Gasteiger charge is 2.63. The summed E-state index contributed by atoms with van der Waals surface area (Å²) in [5.74, 6) is -2.34. The summed E-state index contributed by atoms with van der Waals surface area (Å²) in [5.41, 5.74) is 1.18. The molecule has 2 aliphatic heterocycles. The molecule has 17 heteroatoms. The summed E-state index contributed by atoms with van der Waals surface area (Å²) in [5, 5.41) is 8.88. The van der Waals surface area contributed by atoms with Crippen molar-refractivity contribution in [3.8, 4) is 27.0 Å². The van der Waals surface area contributed by atoms with Gasteiger partial charge in [-0.05, 0) is 72.3 Å². The molecule has 4 aliphatic rings. The summed E-state index contributed by atoms with van der Waals surface area (Å²) < 4.78 is 40.6. The van der Waals surface area contributed by atoms with Gasteiger partial charge in [-0.25, -0.2) is 23.2 Å². The van der Waals surface area contributed by atoms with Crippen LogP contribution in [0.25, 0.3) is 32.0 Å². The first kappa shape index (κ1) is 41.8. The number of carbonyl (C=O) groups excluding carboxylic acids is 4. The third-order valence-corrected chi connectivity index (χ3v) is 15.7. The first-order chi connectivity index (χ1) is 28.5. The number of carbonyl (C=O) groups is 4. The van der Waals surface area contributed by atoms with Crippen LogP contribution < -0.4 is 20.1 Å². The Balaban J connectivity index is 1.08. The number of sulfonamides is 1. The smallest absolute Gasteiger partial charge is 0.408 e. The number of nitrogens with one attached hydrogen (secondary N) is 3. The van der Waals surface area contributed by atoms with Gasteiger partial charge >= 0.3 is 6.09 Å². The molecule has 2 aromatic carbocycles. The van der Waals surface area contributed by atoms with Gasteiger partial charge in [0.05, 0.1) is 27.2 Å². The maximum atomic E-state index is 14.6. The first-order valence-electron chi connectivity index (χ1n) is 20.5. The van der Waals surface area contributed by atoms with E-state index in [9.17, 15) is 27.6 Å². The number of amides is 4. The van der Waals surface area contributed by atoms with E-state index in [1.54, 1.807) is 27.7 Å². The van der Waals surface area contributed by atoms with Crippen molar-refractivity contribution in [2.24, 2.45) is 5.92 Å². The number of fused-ring (bicyclic) bond motifs is 3. The van der Waals surface area contributed by atoms with E-state index in [1.807, 2.05) is 66.1 Å². The third kappa shape index (κ3) is 8.79. The molecule has 4 amide bonds. The van der Waals surface area contributed by atoms with Crippen LogP contribution in [0.15, 0.2) is 66.1 Å². The Morgan fingerprint density at radius 2 is 1.80 bits per heavy atom. The molecule has 4 aromatic rings. The molecular formula is C43H50N6O8S3. The minimum atomic E-state index is -4.00. The highest BCUT2D eigenvalue weighted by Crippen LogP contribution is 2.48. The third-order valence-electron chi connectivity index (χ3n) is 11.6. The Bertz CT molecular complexity index is 2440. The molecule has 4 heterocycles. The maximum Gasteiger partial charge on any atom is 0.408 e. The molecule has 5 atom stereocenters. The zero-order valence-electron chi connectivity index (χ0n) is 34.1. The lowest BCUT2D eigenvalue weighted by Gasteiger charge is -2.30. The fourth-order valence-electron chi connectivity index (χ4n) is 7.83. The number of allylic oxidation sites excluding steroid dienone is 1. The van der Waals surface area contributed by atoms with E-state index in [2.05, 4.69) is 15.4 Å². The van der Waals surface area contributed by atoms with E-state index in [0.717, 1.165) is 39.4 Å². The standard InChI is InChI=1S/C43H50N6O8S3/c1-41(2,3)57-39(53)45-31-18-12-7-5-6-11-16-27-23-43(27,38(52)48-60(54,55)42(4)20-21-42)47-35(50)33-22-28(24-49(33)37(31)51)56-40-46-30-19-13-17-29(34(30)59-40)36-44-32(25-58-36)26-14-9-8-10-15-26/h8-11,13-17,19,25,27-28,31,33H,5-7,12,18,20-24H2,1-4H3,(H,45,53)(H,47,50)(H,48,52). The van der Waals surface area contributed by atoms with Gasteiger partial charge in [0.1, 0.15) is 34.3 Å². The number of alkyl carbamates (subject to hydrolysis) is 1. The zero-order valence-corrected chi connectivity index (χ0v) is 36.5. The van der Waals surface area contributed by atoms with Gasteiger partial charge in [-0.3, -0.25) is 19.1 Å². The molecule has 2 aromatic heterocycles. The molecule has 14 nitrogen and oxygen atoms in total. The van der Waals surface area contributed by atoms with Gasteiger partial charge in [0.2, 0.25) is 21.8 Å². The number of hydrogen-bond acceptors (Lipinski definition) is 12. The predicted molar refractivity (Wildman–Crippen MR) is 230 cm³/mol. The predicted octanol–water partition coefficient (Wildman–Crippen LogP) is 6.72. The zero-order chi connectivity index (χ0) is 42.5. The number of rotatable bonds is 8. The van der Waals surface area contributed by atoms with Crippen molar-refractivity contribution in [3.05, 3.63) is 66.1 Å². The molecule has 60 heavy (non-hydrogen) atoms. The molecule has 318 valence electrons. The van der Waals surface area contributed by atoms with Crippen LogP contribution >= 0.6 is 22.7 Å². The molecule has 0 spiro atoms. The van der Waals surface area contributed by atoms with Crippen molar-refractivity contribution in [1.82, 2.24) is 30.2 Å². The second-order valence-corrected chi connectivity index (χ2v) is 21.5. The van der Waals surface area contributed by atoms with E-state index in [1.165, 1.54) is 27.6 Å². The van der Waals surface area contributed by atoms with Crippen molar-refractivity contribution < 1.29 is 37.1 Å². The molecule has 8 rings (SSSR count). The van der Waals surface area contributed by atoms with Crippen LogP contribution in [0.3, 0.4) is 0 Å². The molecule has 0 radical (unpaired) electrons. The Labute approximate surface area is 357 Å². The van der Waals surface area contributed by atoms with Gasteiger partial charge < -0.3 is 25.0 Å². The number of hydrogen-bond donors (Lipinski definition) is 3. The summed E-state index contributed by atoms with van der Waals surface area (Å²) in [6, 6.07) is 13.6. The minimum absolute atomic E-state index is 0.00558. The Morgan fingerprint density at radius 1 is 1.02 bits per heavy atom. The number of thiazole rings is 2. The largest absolute Gasteiger partial charge is 0.465 e. The quantitative estimate of drug-likeness (QED) is 0.161. The average molecular weight is 875 g/mol.